The third-order valence-corrected chi connectivity index (χ3v) is 1.96. The molecule has 94 valence electrons. The average molecular weight is 279 g/mol. The van der Waals surface area contributed by atoms with E-state index >= 15 is 0 Å². The predicted octanol–water partition coefficient (Wildman–Crippen LogP) is 1.94. The summed E-state index contributed by atoms with van der Waals surface area (Å²) in [5, 5.41) is 5.83. The molecule has 8 heteroatoms. The first-order chi connectivity index (χ1) is 7.77. The van der Waals surface area contributed by atoms with Crippen molar-refractivity contribution in [2.24, 2.45) is 5.29 Å². The Kier molecular flexibility index (Phi) is 8.00. The lowest BCUT2D eigenvalue weighted by Crippen LogP contribution is -2.36. The Bertz CT molecular complexity index is 350. The normalized spacial score (nSPS) is 9.00. The van der Waals surface area contributed by atoms with Crippen LogP contribution in [-0.4, -0.2) is 28.4 Å². The van der Waals surface area contributed by atoms with Gasteiger partial charge in [-0.1, -0.05) is 6.07 Å². The van der Waals surface area contributed by atoms with Gasteiger partial charge in [0.05, 0.1) is 11.8 Å². The SMILES string of the molecule is Cl.O=NN(CCCl)C(=O)NCc1cccnc1. The molecular weight excluding hydrogens is 267 g/mol. The van der Waals surface area contributed by atoms with Crippen molar-refractivity contribution in [1.29, 1.82) is 0 Å². The van der Waals surface area contributed by atoms with Gasteiger partial charge in [0.1, 0.15) is 0 Å². The van der Waals surface area contributed by atoms with Gasteiger partial charge < -0.3 is 5.32 Å². The fourth-order valence-corrected chi connectivity index (χ4v) is 1.19. The molecule has 1 aromatic rings. The number of hydrogen-bond donors (Lipinski definition) is 1. The minimum absolute atomic E-state index is 0. The van der Waals surface area contributed by atoms with Crippen LogP contribution in [0.25, 0.3) is 0 Å². The Morgan fingerprint density at radius 3 is 2.88 bits per heavy atom. The fourth-order valence-electron chi connectivity index (χ4n) is 1.03. The van der Waals surface area contributed by atoms with Crippen molar-refractivity contribution in [2.75, 3.05) is 12.4 Å². The second kappa shape index (κ2) is 8.72. The monoisotopic (exact) mass is 278 g/mol. The third-order valence-electron chi connectivity index (χ3n) is 1.80. The van der Waals surface area contributed by atoms with E-state index < -0.39 is 6.03 Å². The van der Waals surface area contributed by atoms with E-state index in [2.05, 4.69) is 15.6 Å². The van der Waals surface area contributed by atoms with Crippen LogP contribution in [0.1, 0.15) is 5.56 Å². The Hall–Kier alpha value is -1.40. The molecule has 1 N–H and O–H groups in total. The van der Waals surface area contributed by atoms with Crippen molar-refractivity contribution >= 4 is 30.0 Å². The van der Waals surface area contributed by atoms with Crippen molar-refractivity contribution in [3.63, 3.8) is 0 Å². The molecule has 0 spiro atoms. The van der Waals surface area contributed by atoms with Crippen molar-refractivity contribution in [1.82, 2.24) is 15.3 Å². The van der Waals surface area contributed by atoms with E-state index in [1.165, 1.54) is 0 Å². The minimum atomic E-state index is -0.570. The van der Waals surface area contributed by atoms with Crippen LogP contribution in [0.3, 0.4) is 0 Å². The number of nitrogens with zero attached hydrogens (tertiary/aromatic N) is 3. The lowest BCUT2D eigenvalue weighted by Gasteiger charge is -2.12. The van der Waals surface area contributed by atoms with Crippen molar-refractivity contribution in [2.45, 2.75) is 6.54 Å². The maximum absolute atomic E-state index is 11.4. The van der Waals surface area contributed by atoms with E-state index in [9.17, 15) is 9.70 Å². The molecule has 0 aliphatic carbocycles. The largest absolute Gasteiger partial charge is 0.340 e. The molecule has 0 bridgehead atoms. The summed E-state index contributed by atoms with van der Waals surface area (Å²) in [6, 6.07) is 3.00. The molecule has 6 nitrogen and oxygen atoms in total. The van der Waals surface area contributed by atoms with E-state index in [1.54, 1.807) is 18.5 Å². The molecule has 1 aromatic heterocycles. The highest BCUT2D eigenvalue weighted by Gasteiger charge is 2.12. The zero-order valence-electron chi connectivity index (χ0n) is 8.88. The zero-order chi connectivity index (χ0) is 11.8. The van der Waals surface area contributed by atoms with Crippen molar-refractivity contribution < 1.29 is 4.79 Å². The molecule has 0 radical (unpaired) electrons. The summed E-state index contributed by atoms with van der Waals surface area (Å²) in [4.78, 5) is 25.6. The average Bonchev–Trinajstić information content (AvgIpc) is 2.34. The number of pyridine rings is 1. The lowest BCUT2D eigenvalue weighted by atomic mass is 10.3. The molecule has 0 aromatic carbocycles. The molecule has 0 fully saturated rings. The molecule has 1 heterocycles. The molecule has 2 amide bonds. The molecule has 0 aliphatic rings. The van der Waals surface area contributed by atoms with Gasteiger partial charge >= 0.3 is 6.03 Å². The molecular formula is C9H12Cl2N4O2. The summed E-state index contributed by atoms with van der Waals surface area (Å²) < 4.78 is 0. The summed E-state index contributed by atoms with van der Waals surface area (Å²) >= 11 is 5.41. The molecule has 17 heavy (non-hydrogen) atoms. The van der Waals surface area contributed by atoms with Gasteiger partial charge in [0.15, 0.2) is 0 Å². The number of amides is 2. The summed E-state index contributed by atoms with van der Waals surface area (Å²) in [5.74, 6) is 0.159. The van der Waals surface area contributed by atoms with E-state index in [-0.39, 0.29) is 24.8 Å². The number of alkyl halides is 1. The summed E-state index contributed by atoms with van der Waals surface area (Å²) in [5.41, 5.74) is 0.840. The van der Waals surface area contributed by atoms with Crippen molar-refractivity contribution in [3.05, 3.63) is 35.0 Å². The third kappa shape index (κ3) is 5.46. The van der Waals surface area contributed by atoms with Crippen LogP contribution in [0.5, 0.6) is 0 Å². The Balaban J connectivity index is 0.00000256. The second-order valence-electron chi connectivity index (χ2n) is 2.91. The zero-order valence-corrected chi connectivity index (χ0v) is 10.4. The van der Waals surface area contributed by atoms with Crippen LogP contribution in [-0.2, 0) is 6.54 Å². The molecule has 0 saturated heterocycles. The Morgan fingerprint density at radius 1 is 1.59 bits per heavy atom. The number of aromatic nitrogens is 1. The first-order valence-electron chi connectivity index (χ1n) is 4.61. The summed E-state index contributed by atoms with van der Waals surface area (Å²) in [6.45, 7) is 0.380. The number of urea groups is 1. The maximum atomic E-state index is 11.4. The number of hydrogen-bond acceptors (Lipinski definition) is 4. The highest BCUT2D eigenvalue weighted by Crippen LogP contribution is 1.97. The van der Waals surface area contributed by atoms with Gasteiger partial charge in [-0.15, -0.1) is 28.9 Å². The maximum Gasteiger partial charge on any atom is 0.340 e. The number of nitrogens with one attached hydrogen (secondary N) is 1. The molecule has 1 rings (SSSR count). The van der Waals surface area contributed by atoms with Gasteiger partial charge in [-0.3, -0.25) is 4.98 Å². The van der Waals surface area contributed by atoms with Gasteiger partial charge in [-0.2, -0.15) is 5.01 Å². The second-order valence-corrected chi connectivity index (χ2v) is 3.29. The first-order valence-corrected chi connectivity index (χ1v) is 5.15. The number of nitroso groups, excluding NO2 is 1. The van der Waals surface area contributed by atoms with E-state index in [1.807, 2.05) is 6.07 Å². The minimum Gasteiger partial charge on any atom is -0.332 e. The standard InChI is InChI=1S/C9H11ClN4O2.ClH/c10-3-5-14(13-16)9(15)12-7-8-2-1-4-11-6-8;/h1-2,4,6H,3,5,7H2,(H,12,15);1H. The van der Waals surface area contributed by atoms with Crippen LogP contribution in [0.15, 0.2) is 29.8 Å². The van der Waals surface area contributed by atoms with Crippen LogP contribution >= 0.6 is 24.0 Å². The topological polar surface area (TPSA) is 74.7 Å². The van der Waals surface area contributed by atoms with Crippen LogP contribution < -0.4 is 5.32 Å². The van der Waals surface area contributed by atoms with Gasteiger partial charge in [0.25, 0.3) is 0 Å². The summed E-state index contributed by atoms with van der Waals surface area (Å²) in [6.07, 6.45) is 3.26. The molecule has 0 aliphatic heterocycles. The number of rotatable bonds is 5. The lowest BCUT2D eigenvalue weighted by molar-refractivity contribution is 0.202. The van der Waals surface area contributed by atoms with Crippen LogP contribution in [0.4, 0.5) is 4.79 Å². The summed E-state index contributed by atoms with van der Waals surface area (Å²) in [7, 11) is 0. The van der Waals surface area contributed by atoms with Crippen LogP contribution in [0, 0.1) is 4.91 Å². The Labute approximate surface area is 110 Å². The molecule has 0 unspecified atom stereocenters. The van der Waals surface area contributed by atoms with E-state index in [0.29, 0.717) is 6.54 Å². The highest BCUT2D eigenvalue weighted by molar-refractivity contribution is 6.18. The first kappa shape index (κ1) is 15.6. The van der Waals surface area contributed by atoms with E-state index in [0.717, 1.165) is 10.6 Å². The number of halogens is 2. The molecule has 0 atom stereocenters. The number of carbonyl (C=O) groups excluding carboxylic acids is 1. The fraction of sp³-hybridized carbons (Fsp3) is 0.333. The van der Waals surface area contributed by atoms with Gasteiger partial charge in [-0.25, -0.2) is 4.79 Å². The van der Waals surface area contributed by atoms with Gasteiger partial charge in [0.2, 0.25) is 0 Å². The van der Waals surface area contributed by atoms with E-state index in [4.69, 9.17) is 11.6 Å². The highest BCUT2D eigenvalue weighted by atomic mass is 35.5. The smallest absolute Gasteiger partial charge is 0.332 e. The quantitative estimate of drug-likeness (QED) is 0.508. The Morgan fingerprint density at radius 2 is 2.35 bits per heavy atom. The number of carbonyl (C=O) groups is 1. The van der Waals surface area contributed by atoms with Crippen LogP contribution in [0.2, 0.25) is 0 Å². The van der Waals surface area contributed by atoms with Crippen molar-refractivity contribution in [3.8, 4) is 0 Å². The van der Waals surface area contributed by atoms with Gasteiger partial charge in [0, 0.05) is 24.8 Å². The predicted molar refractivity (Wildman–Crippen MR) is 66.9 cm³/mol. The van der Waals surface area contributed by atoms with Gasteiger partial charge in [-0.05, 0) is 11.6 Å². The molecule has 0 saturated carbocycles.